The highest BCUT2D eigenvalue weighted by Crippen LogP contribution is 2.33. The van der Waals surface area contributed by atoms with Gasteiger partial charge in [-0.2, -0.15) is 13.2 Å². The number of alkyl halides is 3. The minimum Gasteiger partial charge on any atom is -0.369 e. The van der Waals surface area contributed by atoms with Gasteiger partial charge in [0.1, 0.15) is 0 Å². The average Bonchev–Trinajstić information content (AvgIpc) is 2.61. The molecule has 1 aliphatic heterocycles. The number of anilines is 1. The monoisotopic (exact) mass is 340 g/mol. The molecular formula is C19H27F3N2. The molecule has 0 unspecified atom stereocenters. The van der Waals surface area contributed by atoms with E-state index in [1.54, 1.807) is 6.07 Å². The summed E-state index contributed by atoms with van der Waals surface area (Å²) in [5.74, 6) is 0.896. The highest BCUT2D eigenvalue weighted by Gasteiger charge is 2.32. The molecule has 0 aromatic heterocycles. The van der Waals surface area contributed by atoms with Crippen molar-refractivity contribution in [3.8, 4) is 0 Å². The van der Waals surface area contributed by atoms with Gasteiger partial charge in [0.15, 0.2) is 0 Å². The van der Waals surface area contributed by atoms with Crippen molar-refractivity contribution in [3.63, 3.8) is 0 Å². The van der Waals surface area contributed by atoms with Crippen LogP contribution in [0, 0.1) is 5.92 Å². The Hall–Kier alpha value is -1.23. The molecule has 1 saturated heterocycles. The van der Waals surface area contributed by atoms with Crippen LogP contribution in [0.2, 0.25) is 0 Å². The minimum atomic E-state index is -4.27. The molecule has 0 N–H and O–H groups in total. The van der Waals surface area contributed by atoms with Gasteiger partial charge in [0.05, 0.1) is 5.56 Å². The molecule has 2 fully saturated rings. The van der Waals surface area contributed by atoms with Crippen molar-refractivity contribution >= 4 is 5.69 Å². The van der Waals surface area contributed by atoms with Crippen LogP contribution >= 0.6 is 0 Å². The molecular weight excluding hydrogens is 313 g/mol. The first-order valence-corrected chi connectivity index (χ1v) is 9.13. The maximum absolute atomic E-state index is 12.9. The van der Waals surface area contributed by atoms with Crippen molar-refractivity contribution < 1.29 is 13.2 Å². The third-order valence-electron chi connectivity index (χ3n) is 5.76. The number of hydrogen-bond acceptors (Lipinski definition) is 2. The fraction of sp³-hybridized carbons (Fsp3) is 0.684. The van der Waals surface area contributed by atoms with Gasteiger partial charge in [0, 0.05) is 37.9 Å². The second-order valence-electron chi connectivity index (χ2n) is 7.15. The van der Waals surface area contributed by atoms with Gasteiger partial charge < -0.3 is 4.90 Å². The van der Waals surface area contributed by atoms with Crippen molar-refractivity contribution in [3.05, 3.63) is 29.8 Å². The predicted octanol–water partition coefficient (Wildman–Crippen LogP) is 4.80. The summed E-state index contributed by atoms with van der Waals surface area (Å²) in [4.78, 5) is 4.64. The summed E-state index contributed by atoms with van der Waals surface area (Å²) in [5.41, 5.74) is 0.138. The van der Waals surface area contributed by atoms with Crippen LogP contribution in [-0.4, -0.2) is 37.1 Å². The molecule has 0 spiro atoms. The first-order valence-electron chi connectivity index (χ1n) is 9.13. The Bertz CT molecular complexity index is 528. The molecule has 0 radical (unpaired) electrons. The molecule has 1 aromatic carbocycles. The minimum absolute atomic E-state index is 0.555. The topological polar surface area (TPSA) is 6.48 Å². The molecule has 24 heavy (non-hydrogen) atoms. The lowest BCUT2D eigenvalue weighted by Crippen LogP contribution is -2.51. The van der Waals surface area contributed by atoms with E-state index < -0.39 is 11.7 Å². The zero-order valence-corrected chi connectivity index (χ0v) is 14.4. The van der Waals surface area contributed by atoms with Gasteiger partial charge >= 0.3 is 6.18 Å². The summed E-state index contributed by atoms with van der Waals surface area (Å²) in [7, 11) is 0. The molecule has 0 atom stereocenters. The number of nitrogens with zero attached hydrogens (tertiary/aromatic N) is 2. The molecule has 1 aliphatic carbocycles. The lowest BCUT2D eigenvalue weighted by atomic mass is 9.84. The Labute approximate surface area is 142 Å². The Morgan fingerprint density at radius 1 is 1.00 bits per heavy atom. The van der Waals surface area contributed by atoms with E-state index >= 15 is 0 Å². The van der Waals surface area contributed by atoms with E-state index in [1.807, 2.05) is 0 Å². The number of rotatable bonds is 3. The number of hydrogen-bond donors (Lipinski definition) is 0. The largest absolute Gasteiger partial charge is 0.416 e. The highest BCUT2D eigenvalue weighted by atomic mass is 19.4. The van der Waals surface area contributed by atoms with Gasteiger partial charge in [0.2, 0.25) is 0 Å². The summed E-state index contributed by atoms with van der Waals surface area (Å²) < 4.78 is 38.6. The third-order valence-corrected chi connectivity index (χ3v) is 5.76. The van der Waals surface area contributed by atoms with Crippen LogP contribution in [0.15, 0.2) is 24.3 Å². The summed E-state index contributed by atoms with van der Waals surface area (Å²) in [6, 6.07) is 6.40. The molecule has 0 bridgehead atoms. The molecule has 2 nitrogen and oxygen atoms in total. The standard InChI is InChI=1S/C19H27F3N2/c1-2-15-6-8-17(9-7-15)23-10-12-24(13-11-23)18-5-3-4-16(14-18)19(20,21)22/h3-5,14-15,17H,2,6-13H2,1H3. The maximum Gasteiger partial charge on any atom is 0.416 e. The molecule has 3 rings (SSSR count). The van der Waals surface area contributed by atoms with Crippen LogP contribution < -0.4 is 4.90 Å². The molecule has 1 saturated carbocycles. The van der Waals surface area contributed by atoms with Crippen molar-refractivity contribution in [2.24, 2.45) is 5.92 Å². The van der Waals surface area contributed by atoms with E-state index in [9.17, 15) is 13.2 Å². The van der Waals surface area contributed by atoms with E-state index in [1.165, 1.54) is 44.2 Å². The van der Waals surface area contributed by atoms with Crippen LogP contribution in [0.3, 0.4) is 0 Å². The summed E-state index contributed by atoms with van der Waals surface area (Å²) in [6.07, 6.45) is 2.24. The van der Waals surface area contributed by atoms with Crippen molar-refractivity contribution in [1.82, 2.24) is 4.90 Å². The smallest absolute Gasteiger partial charge is 0.369 e. The number of piperazine rings is 1. The molecule has 0 amide bonds. The lowest BCUT2D eigenvalue weighted by molar-refractivity contribution is -0.137. The van der Waals surface area contributed by atoms with Crippen LogP contribution in [0.5, 0.6) is 0 Å². The van der Waals surface area contributed by atoms with Crippen molar-refractivity contribution in [2.75, 3.05) is 31.1 Å². The quantitative estimate of drug-likeness (QED) is 0.780. The van der Waals surface area contributed by atoms with E-state index in [2.05, 4.69) is 16.7 Å². The molecule has 1 aromatic rings. The molecule has 2 aliphatic rings. The lowest BCUT2D eigenvalue weighted by Gasteiger charge is -2.42. The van der Waals surface area contributed by atoms with Gasteiger partial charge in [-0.3, -0.25) is 4.90 Å². The Kier molecular flexibility index (Phi) is 5.38. The Morgan fingerprint density at radius 3 is 2.25 bits per heavy atom. The van der Waals surface area contributed by atoms with Crippen LogP contribution in [0.4, 0.5) is 18.9 Å². The van der Waals surface area contributed by atoms with Crippen LogP contribution in [0.25, 0.3) is 0 Å². The highest BCUT2D eigenvalue weighted by molar-refractivity contribution is 5.49. The van der Waals surface area contributed by atoms with Crippen LogP contribution in [0.1, 0.15) is 44.6 Å². The second-order valence-corrected chi connectivity index (χ2v) is 7.15. The summed E-state index contributed by atoms with van der Waals surface area (Å²) in [5, 5.41) is 0. The first-order chi connectivity index (χ1) is 11.5. The zero-order chi connectivity index (χ0) is 17.2. The Balaban J connectivity index is 1.56. The second kappa shape index (κ2) is 7.34. The van der Waals surface area contributed by atoms with Gasteiger partial charge in [-0.1, -0.05) is 19.4 Å². The number of halogens is 3. The van der Waals surface area contributed by atoms with E-state index in [0.717, 1.165) is 38.2 Å². The SMILES string of the molecule is CCC1CCC(N2CCN(c3cccc(C(F)(F)F)c3)CC2)CC1. The predicted molar refractivity (Wildman–Crippen MR) is 91.3 cm³/mol. The third kappa shape index (κ3) is 4.05. The zero-order valence-electron chi connectivity index (χ0n) is 14.4. The van der Waals surface area contributed by atoms with E-state index in [0.29, 0.717) is 11.7 Å². The molecule has 1 heterocycles. The fourth-order valence-electron chi connectivity index (χ4n) is 4.14. The average molecular weight is 340 g/mol. The number of benzene rings is 1. The van der Waals surface area contributed by atoms with E-state index in [-0.39, 0.29) is 0 Å². The van der Waals surface area contributed by atoms with Crippen LogP contribution in [-0.2, 0) is 6.18 Å². The van der Waals surface area contributed by atoms with Gasteiger partial charge in [0.25, 0.3) is 0 Å². The normalized spacial score (nSPS) is 26.6. The fourth-order valence-corrected chi connectivity index (χ4v) is 4.14. The van der Waals surface area contributed by atoms with Gasteiger partial charge in [-0.25, -0.2) is 0 Å². The molecule has 5 heteroatoms. The summed E-state index contributed by atoms with van der Waals surface area (Å²) >= 11 is 0. The first kappa shape index (κ1) is 17.6. The van der Waals surface area contributed by atoms with E-state index in [4.69, 9.17) is 0 Å². The maximum atomic E-state index is 12.9. The van der Waals surface area contributed by atoms with Crippen molar-refractivity contribution in [1.29, 1.82) is 0 Å². The summed E-state index contributed by atoms with van der Waals surface area (Å²) in [6.45, 7) is 5.82. The van der Waals surface area contributed by atoms with Crippen molar-refractivity contribution in [2.45, 2.75) is 51.2 Å². The van der Waals surface area contributed by atoms with Gasteiger partial charge in [-0.15, -0.1) is 0 Å². The Morgan fingerprint density at radius 2 is 1.67 bits per heavy atom. The van der Waals surface area contributed by atoms with Gasteiger partial charge in [-0.05, 0) is 49.8 Å². The molecule has 134 valence electrons.